The van der Waals surface area contributed by atoms with E-state index in [2.05, 4.69) is 24.3 Å². The Hall–Kier alpha value is -1.71. The van der Waals surface area contributed by atoms with Crippen LogP contribution in [-0.2, 0) is 19.5 Å². The zero-order valence-electron chi connectivity index (χ0n) is 14.2. The maximum Gasteiger partial charge on any atom is 0.123 e. The summed E-state index contributed by atoms with van der Waals surface area (Å²) in [5, 5.41) is 0. The van der Waals surface area contributed by atoms with Crippen molar-refractivity contribution in [3.63, 3.8) is 0 Å². The highest BCUT2D eigenvalue weighted by Gasteiger charge is 2.32. The molecule has 2 aliphatic heterocycles. The molecule has 0 aliphatic carbocycles. The van der Waals surface area contributed by atoms with Crippen LogP contribution >= 0.6 is 0 Å². The third-order valence-electron chi connectivity index (χ3n) is 5.89. The summed E-state index contributed by atoms with van der Waals surface area (Å²) in [4.78, 5) is 3.43. The van der Waals surface area contributed by atoms with Gasteiger partial charge in [0.1, 0.15) is 18.9 Å². The average molecular weight is 326 g/mol. The molecule has 2 aromatic rings. The highest BCUT2D eigenvalue weighted by molar-refractivity contribution is 5.27. The molecular formula is C21H27FN2+2. The van der Waals surface area contributed by atoms with Gasteiger partial charge in [0.05, 0.1) is 25.7 Å². The highest BCUT2D eigenvalue weighted by atomic mass is 19.1. The van der Waals surface area contributed by atoms with Crippen LogP contribution in [0.15, 0.2) is 48.5 Å². The Kier molecular flexibility index (Phi) is 4.63. The van der Waals surface area contributed by atoms with Gasteiger partial charge >= 0.3 is 0 Å². The number of halogens is 1. The fourth-order valence-corrected chi connectivity index (χ4v) is 4.45. The van der Waals surface area contributed by atoms with Crippen molar-refractivity contribution in [2.75, 3.05) is 19.6 Å². The minimum absolute atomic E-state index is 0.138. The van der Waals surface area contributed by atoms with Gasteiger partial charge in [-0.15, -0.1) is 0 Å². The van der Waals surface area contributed by atoms with E-state index in [0.717, 1.165) is 12.6 Å². The summed E-state index contributed by atoms with van der Waals surface area (Å²) in [7, 11) is 0. The van der Waals surface area contributed by atoms with E-state index in [-0.39, 0.29) is 5.82 Å². The fourth-order valence-electron chi connectivity index (χ4n) is 4.45. The molecule has 2 nitrogen and oxygen atoms in total. The first kappa shape index (κ1) is 15.8. The number of quaternary nitrogens is 2. The lowest BCUT2D eigenvalue weighted by atomic mass is 9.95. The number of likely N-dealkylation sites (tertiary alicyclic amines) is 1. The first-order valence-corrected chi connectivity index (χ1v) is 9.27. The second kappa shape index (κ2) is 7.04. The van der Waals surface area contributed by atoms with Crippen molar-refractivity contribution in [1.82, 2.24) is 0 Å². The van der Waals surface area contributed by atoms with Crippen LogP contribution in [0.25, 0.3) is 0 Å². The van der Waals surface area contributed by atoms with Gasteiger partial charge in [0.15, 0.2) is 0 Å². The maximum atomic E-state index is 13.0. The van der Waals surface area contributed by atoms with E-state index in [9.17, 15) is 4.39 Å². The van der Waals surface area contributed by atoms with Crippen LogP contribution in [0.3, 0.4) is 0 Å². The first-order valence-electron chi connectivity index (χ1n) is 9.27. The maximum absolute atomic E-state index is 13.0. The number of rotatable bonds is 3. The molecule has 1 fully saturated rings. The molecule has 1 unspecified atom stereocenters. The Morgan fingerprint density at radius 2 is 1.58 bits per heavy atom. The molecule has 2 heterocycles. The van der Waals surface area contributed by atoms with Gasteiger partial charge < -0.3 is 9.80 Å². The smallest absolute Gasteiger partial charge is 0.123 e. The normalized spacial score (nSPS) is 26.8. The largest absolute Gasteiger partial charge is 0.331 e. The molecule has 0 spiro atoms. The number of nitrogens with one attached hydrogen (secondary N) is 2. The van der Waals surface area contributed by atoms with Crippen LogP contribution in [0.5, 0.6) is 0 Å². The highest BCUT2D eigenvalue weighted by Crippen LogP contribution is 2.12. The number of benzene rings is 2. The second-order valence-electron chi connectivity index (χ2n) is 7.43. The molecule has 126 valence electrons. The summed E-state index contributed by atoms with van der Waals surface area (Å²) in [5.74, 6) is -0.138. The topological polar surface area (TPSA) is 8.88 Å². The minimum atomic E-state index is -0.138. The molecule has 4 rings (SSSR count). The Labute approximate surface area is 143 Å². The molecule has 0 aromatic heterocycles. The van der Waals surface area contributed by atoms with Crippen molar-refractivity contribution in [3.05, 3.63) is 71.0 Å². The van der Waals surface area contributed by atoms with Gasteiger partial charge in [-0.2, -0.15) is 0 Å². The monoisotopic (exact) mass is 326 g/mol. The fraction of sp³-hybridized carbons (Fsp3) is 0.429. The SMILES string of the molecule is Fc1ccc(C[NH+]2CCC([NH+]3CCc4ccccc4C3)CC2)cc1. The van der Waals surface area contributed by atoms with Gasteiger partial charge in [-0.3, -0.25) is 0 Å². The van der Waals surface area contributed by atoms with Crippen LogP contribution in [0.1, 0.15) is 29.5 Å². The number of hydrogen-bond donors (Lipinski definition) is 2. The van der Waals surface area contributed by atoms with E-state index in [0.29, 0.717) is 0 Å². The molecule has 0 saturated carbocycles. The van der Waals surface area contributed by atoms with Crippen molar-refractivity contribution in [2.45, 2.75) is 38.4 Å². The van der Waals surface area contributed by atoms with Crippen LogP contribution in [0, 0.1) is 5.82 Å². The Balaban J connectivity index is 1.31. The van der Waals surface area contributed by atoms with E-state index in [1.807, 2.05) is 12.1 Å². The summed E-state index contributed by atoms with van der Waals surface area (Å²) in [6.45, 7) is 6.01. The van der Waals surface area contributed by atoms with Crippen molar-refractivity contribution < 1.29 is 14.2 Å². The van der Waals surface area contributed by atoms with Gasteiger partial charge in [-0.05, 0) is 17.7 Å². The minimum Gasteiger partial charge on any atom is -0.331 e. The lowest BCUT2D eigenvalue weighted by Gasteiger charge is -2.36. The Bertz CT molecular complexity index is 674. The Morgan fingerprint density at radius 3 is 2.33 bits per heavy atom. The van der Waals surface area contributed by atoms with E-state index in [1.165, 1.54) is 51.0 Å². The molecule has 1 saturated heterocycles. The van der Waals surface area contributed by atoms with E-state index >= 15 is 0 Å². The van der Waals surface area contributed by atoms with Crippen LogP contribution in [0.4, 0.5) is 4.39 Å². The summed E-state index contributed by atoms with van der Waals surface area (Å²) in [5.41, 5.74) is 4.37. The third kappa shape index (κ3) is 3.52. The summed E-state index contributed by atoms with van der Waals surface area (Å²) < 4.78 is 13.0. The van der Waals surface area contributed by atoms with E-state index in [1.54, 1.807) is 33.1 Å². The number of piperidine rings is 1. The van der Waals surface area contributed by atoms with Crippen LogP contribution in [-0.4, -0.2) is 25.7 Å². The average Bonchev–Trinajstić information content (AvgIpc) is 2.64. The van der Waals surface area contributed by atoms with Gasteiger partial charge in [-0.1, -0.05) is 36.4 Å². The first-order chi connectivity index (χ1) is 11.8. The van der Waals surface area contributed by atoms with Crippen molar-refractivity contribution in [2.24, 2.45) is 0 Å². The Morgan fingerprint density at radius 1 is 0.875 bits per heavy atom. The zero-order valence-corrected chi connectivity index (χ0v) is 14.2. The predicted molar refractivity (Wildman–Crippen MR) is 93.5 cm³/mol. The number of hydrogen-bond acceptors (Lipinski definition) is 0. The molecule has 1 atom stereocenters. The molecule has 2 N–H and O–H groups in total. The molecule has 0 radical (unpaired) electrons. The second-order valence-corrected chi connectivity index (χ2v) is 7.43. The van der Waals surface area contributed by atoms with Crippen LogP contribution in [0.2, 0.25) is 0 Å². The zero-order chi connectivity index (χ0) is 16.4. The standard InChI is InChI=1S/C21H25FN2/c22-20-7-5-17(6-8-20)15-23-12-10-21(11-13-23)24-14-9-18-3-1-2-4-19(18)16-24/h1-8,21H,9-16H2/p+2. The quantitative estimate of drug-likeness (QED) is 0.833. The molecule has 0 amide bonds. The lowest BCUT2D eigenvalue weighted by molar-refractivity contribution is -0.972. The van der Waals surface area contributed by atoms with Crippen LogP contribution < -0.4 is 9.80 Å². The molecule has 2 aliphatic rings. The van der Waals surface area contributed by atoms with E-state index < -0.39 is 0 Å². The molecule has 2 aromatic carbocycles. The summed E-state index contributed by atoms with van der Waals surface area (Å²) in [6.07, 6.45) is 3.86. The molecule has 0 bridgehead atoms. The lowest BCUT2D eigenvalue weighted by Crippen LogP contribution is -3.20. The van der Waals surface area contributed by atoms with Crippen molar-refractivity contribution in [1.29, 1.82) is 0 Å². The third-order valence-corrected chi connectivity index (χ3v) is 5.89. The van der Waals surface area contributed by atoms with Gasteiger partial charge in [0.2, 0.25) is 0 Å². The molecular weight excluding hydrogens is 299 g/mol. The van der Waals surface area contributed by atoms with Crippen molar-refractivity contribution in [3.8, 4) is 0 Å². The van der Waals surface area contributed by atoms with Gasteiger partial charge in [0, 0.05) is 30.4 Å². The van der Waals surface area contributed by atoms with Gasteiger partial charge in [-0.25, -0.2) is 4.39 Å². The van der Waals surface area contributed by atoms with Crippen molar-refractivity contribution >= 4 is 0 Å². The summed E-state index contributed by atoms with van der Waals surface area (Å²) in [6, 6.07) is 16.8. The number of fused-ring (bicyclic) bond motifs is 1. The van der Waals surface area contributed by atoms with Gasteiger partial charge in [0.25, 0.3) is 0 Å². The van der Waals surface area contributed by atoms with E-state index in [4.69, 9.17) is 0 Å². The molecule has 3 heteroatoms. The predicted octanol–water partition coefficient (Wildman–Crippen LogP) is 1.01. The molecule has 24 heavy (non-hydrogen) atoms. The summed E-state index contributed by atoms with van der Waals surface area (Å²) >= 11 is 0.